The predicted molar refractivity (Wildman–Crippen MR) is 123 cm³/mol. The van der Waals surface area contributed by atoms with Gasteiger partial charge < -0.3 is 9.47 Å². The summed E-state index contributed by atoms with van der Waals surface area (Å²) >= 11 is 0. The molecule has 2 aromatic rings. The highest BCUT2D eigenvalue weighted by molar-refractivity contribution is 6.03. The lowest BCUT2D eigenvalue weighted by Crippen LogP contribution is -2.31. The second-order valence-electron chi connectivity index (χ2n) is 9.24. The van der Waals surface area contributed by atoms with Gasteiger partial charge in [0, 0.05) is 12.3 Å². The van der Waals surface area contributed by atoms with Crippen LogP contribution in [0.5, 0.6) is 0 Å². The normalized spacial score (nSPS) is 13.3. The van der Waals surface area contributed by atoms with Gasteiger partial charge in [-0.1, -0.05) is 38.1 Å². The molecule has 1 aliphatic rings. The van der Waals surface area contributed by atoms with E-state index in [0.717, 1.165) is 35.3 Å². The average molecular weight is 425 g/mol. The molecule has 2 aromatic carbocycles. The highest BCUT2D eigenvalue weighted by Gasteiger charge is 2.26. The second-order valence-corrected chi connectivity index (χ2v) is 9.24. The Kier molecular flexibility index (Phi) is 7.01. The van der Waals surface area contributed by atoms with Crippen LogP contribution in [0.25, 0.3) is 0 Å². The Morgan fingerprint density at radius 2 is 1.71 bits per heavy atom. The van der Waals surface area contributed by atoms with Crippen molar-refractivity contribution in [2.24, 2.45) is 5.92 Å². The molecule has 0 saturated carbocycles. The van der Waals surface area contributed by atoms with Gasteiger partial charge in [0.05, 0.1) is 11.4 Å². The molecule has 1 aliphatic heterocycles. The fourth-order valence-electron chi connectivity index (χ4n) is 3.54. The summed E-state index contributed by atoms with van der Waals surface area (Å²) in [5, 5.41) is 2.78. The van der Waals surface area contributed by atoms with Gasteiger partial charge in [0.25, 0.3) is 5.91 Å². The van der Waals surface area contributed by atoms with Crippen molar-refractivity contribution in [1.82, 2.24) is 0 Å². The molecule has 0 spiro atoms. The summed E-state index contributed by atoms with van der Waals surface area (Å²) in [5.41, 5.74) is 3.75. The second kappa shape index (κ2) is 9.52. The molecule has 6 nitrogen and oxygen atoms in total. The van der Waals surface area contributed by atoms with E-state index in [1.807, 2.05) is 57.2 Å². The first-order valence-electron chi connectivity index (χ1n) is 10.8. The summed E-state index contributed by atoms with van der Waals surface area (Å²) in [4.78, 5) is 27.2. The number of nitrogens with zero attached hydrogens (tertiary/aromatic N) is 1. The molecule has 0 aliphatic carbocycles. The lowest BCUT2D eigenvalue weighted by Gasteiger charge is -2.26. The van der Waals surface area contributed by atoms with Gasteiger partial charge in [-0.05, 0) is 68.9 Å². The van der Waals surface area contributed by atoms with Crippen molar-refractivity contribution in [3.05, 3.63) is 53.6 Å². The van der Waals surface area contributed by atoms with Crippen LogP contribution < -0.4 is 10.2 Å². The fraction of sp³-hybridized carbons (Fsp3) is 0.440. The van der Waals surface area contributed by atoms with Crippen molar-refractivity contribution >= 4 is 29.1 Å². The molecule has 3 rings (SSSR count). The number of aryl methyl sites for hydroxylation is 2. The molecule has 0 aromatic heterocycles. The van der Waals surface area contributed by atoms with E-state index in [4.69, 9.17) is 9.47 Å². The number of hydrogen-bond acceptors (Lipinski definition) is 4. The molecule has 0 bridgehead atoms. The minimum absolute atomic E-state index is 0.00429. The number of carbonyl (C=O) groups is 2. The standard InChI is InChI=1S/C25H32N2O4/c1-17(2)15-30-16-23(28)27-21-9-7-6-8-18(21)10-11-19-12-13-20(14-22(19)27)26-24(29)31-25(3,4)5/h6-9,12-14,17H,10-11,15-16H2,1-5H3,(H,26,29). The molecule has 1 heterocycles. The Morgan fingerprint density at radius 3 is 2.39 bits per heavy atom. The summed E-state index contributed by atoms with van der Waals surface area (Å²) in [6, 6.07) is 13.6. The molecular weight excluding hydrogens is 392 g/mol. The third-order valence-electron chi connectivity index (χ3n) is 4.79. The zero-order valence-corrected chi connectivity index (χ0v) is 19.0. The third-order valence-corrected chi connectivity index (χ3v) is 4.79. The van der Waals surface area contributed by atoms with E-state index in [1.165, 1.54) is 0 Å². The highest BCUT2D eigenvalue weighted by Crippen LogP contribution is 2.37. The van der Waals surface area contributed by atoms with Crippen LogP contribution in [0.1, 0.15) is 45.7 Å². The Balaban J connectivity index is 1.94. The topological polar surface area (TPSA) is 67.9 Å². The lowest BCUT2D eigenvalue weighted by atomic mass is 10.0. The van der Waals surface area contributed by atoms with Crippen LogP contribution in [0.2, 0.25) is 0 Å². The van der Waals surface area contributed by atoms with Gasteiger partial charge in [0.15, 0.2) is 0 Å². The Morgan fingerprint density at radius 1 is 1.03 bits per heavy atom. The van der Waals surface area contributed by atoms with E-state index in [1.54, 1.807) is 4.90 Å². The summed E-state index contributed by atoms with van der Waals surface area (Å²) in [5.74, 6) is 0.215. The number of para-hydroxylation sites is 1. The average Bonchev–Trinajstić information content (AvgIpc) is 2.82. The quantitative estimate of drug-likeness (QED) is 0.691. The number of nitrogens with one attached hydrogen (secondary N) is 1. The van der Waals surface area contributed by atoms with Crippen molar-refractivity contribution in [3.63, 3.8) is 0 Å². The van der Waals surface area contributed by atoms with E-state index >= 15 is 0 Å². The zero-order valence-electron chi connectivity index (χ0n) is 19.0. The maximum absolute atomic E-state index is 13.3. The van der Waals surface area contributed by atoms with Crippen LogP contribution in [0.4, 0.5) is 21.9 Å². The number of amides is 2. The Labute approximate surface area is 184 Å². The van der Waals surface area contributed by atoms with Gasteiger partial charge in [-0.15, -0.1) is 0 Å². The lowest BCUT2D eigenvalue weighted by molar-refractivity contribution is -0.122. The molecular formula is C25H32N2O4. The van der Waals surface area contributed by atoms with Crippen molar-refractivity contribution in [2.45, 2.75) is 53.1 Å². The largest absolute Gasteiger partial charge is 0.444 e. The minimum Gasteiger partial charge on any atom is -0.444 e. The van der Waals surface area contributed by atoms with Crippen LogP contribution in [0, 0.1) is 5.92 Å². The summed E-state index contributed by atoms with van der Waals surface area (Å²) < 4.78 is 11.0. The van der Waals surface area contributed by atoms with Gasteiger partial charge in [0.2, 0.25) is 0 Å². The number of anilines is 3. The van der Waals surface area contributed by atoms with Crippen LogP contribution in [-0.4, -0.2) is 30.8 Å². The van der Waals surface area contributed by atoms with E-state index in [2.05, 4.69) is 25.2 Å². The van der Waals surface area contributed by atoms with Crippen molar-refractivity contribution in [3.8, 4) is 0 Å². The number of rotatable bonds is 5. The monoisotopic (exact) mass is 424 g/mol. The first-order chi connectivity index (χ1) is 14.6. The van der Waals surface area contributed by atoms with Crippen molar-refractivity contribution in [1.29, 1.82) is 0 Å². The van der Waals surface area contributed by atoms with Gasteiger partial charge in [0.1, 0.15) is 12.2 Å². The molecule has 0 fully saturated rings. The van der Waals surface area contributed by atoms with Crippen LogP contribution >= 0.6 is 0 Å². The van der Waals surface area contributed by atoms with Crippen LogP contribution in [-0.2, 0) is 27.1 Å². The summed E-state index contributed by atoms with van der Waals surface area (Å²) in [6.07, 6.45) is 1.11. The number of carbonyl (C=O) groups excluding carboxylic acids is 2. The molecule has 0 atom stereocenters. The fourth-order valence-corrected chi connectivity index (χ4v) is 3.54. The van der Waals surface area contributed by atoms with Gasteiger partial charge in [-0.25, -0.2) is 4.79 Å². The van der Waals surface area contributed by atoms with Crippen molar-refractivity contribution in [2.75, 3.05) is 23.4 Å². The maximum Gasteiger partial charge on any atom is 0.412 e. The summed E-state index contributed by atoms with van der Waals surface area (Å²) in [7, 11) is 0. The third kappa shape index (κ3) is 6.07. The van der Waals surface area contributed by atoms with Crippen LogP contribution in [0.15, 0.2) is 42.5 Å². The minimum atomic E-state index is -0.593. The first kappa shape index (κ1) is 22.8. The molecule has 0 unspecified atom stereocenters. The number of ether oxygens (including phenoxy) is 2. The molecule has 2 amide bonds. The highest BCUT2D eigenvalue weighted by atomic mass is 16.6. The summed E-state index contributed by atoms with van der Waals surface area (Å²) in [6.45, 7) is 10.1. The van der Waals surface area contributed by atoms with E-state index in [-0.39, 0.29) is 12.5 Å². The number of benzene rings is 2. The Bertz CT molecular complexity index is 947. The molecule has 31 heavy (non-hydrogen) atoms. The SMILES string of the molecule is CC(C)COCC(=O)N1c2ccccc2CCc2ccc(NC(=O)OC(C)(C)C)cc21. The van der Waals surface area contributed by atoms with E-state index in [0.29, 0.717) is 18.2 Å². The van der Waals surface area contributed by atoms with Crippen molar-refractivity contribution < 1.29 is 19.1 Å². The molecule has 6 heteroatoms. The predicted octanol–water partition coefficient (Wildman–Crippen LogP) is 5.47. The van der Waals surface area contributed by atoms with Gasteiger partial charge in [-0.3, -0.25) is 15.0 Å². The smallest absolute Gasteiger partial charge is 0.412 e. The maximum atomic E-state index is 13.3. The number of fused-ring (bicyclic) bond motifs is 2. The van der Waals surface area contributed by atoms with E-state index in [9.17, 15) is 9.59 Å². The molecule has 0 saturated heterocycles. The number of hydrogen-bond donors (Lipinski definition) is 1. The van der Waals surface area contributed by atoms with Gasteiger partial charge in [-0.2, -0.15) is 0 Å². The molecule has 0 radical (unpaired) electrons. The zero-order chi connectivity index (χ0) is 22.6. The Hall–Kier alpha value is -2.86. The molecule has 1 N–H and O–H groups in total. The van der Waals surface area contributed by atoms with E-state index < -0.39 is 11.7 Å². The first-order valence-corrected chi connectivity index (χ1v) is 10.8. The molecule has 166 valence electrons. The van der Waals surface area contributed by atoms with Gasteiger partial charge >= 0.3 is 6.09 Å². The van der Waals surface area contributed by atoms with Crippen LogP contribution in [0.3, 0.4) is 0 Å².